The molecular formula is C22H27N5O. The van der Waals surface area contributed by atoms with E-state index in [1.807, 2.05) is 48.8 Å². The normalized spacial score (nSPS) is 13.9. The molecule has 6 nitrogen and oxygen atoms in total. The molecule has 2 heterocycles. The first kappa shape index (κ1) is 18.5. The van der Waals surface area contributed by atoms with Gasteiger partial charge in [0.25, 0.3) is 5.91 Å². The quantitative estimate of drug-likeness (QED) is 0.682. The fourth-order valence-corrected chi connectivity index (χ4v) is 3.30. The largest absolute Gasteiger partial charge is 0.370 e. The number of fused-ring (bicyclic) bond motifs is 1. The Morgan fingerprint density at radius 2 is 2.04 bits per heavy atom. The van der Waals surface area contributed by atoms with Gasteiger partial charge in [-0.05, 0) is 49.8 Å². The topological polar surface area (TPSA) is 71.3 Å². The van der Waals surface area contributed by atoms with E-state index in [1.165, 1.54) is 0 Å². The Balaban J connectivity index is 1.69. The fraction of sp³-hybridized carbons (Fsp3) is 0.409. The molecule has 3 aromatic rings. The van der Waals surface area contributed by atoms with Crippen molar-refractivity contribution in [3.05, 3.63) is 47.3 Å². The molecule has 0 atom stereocenters. The van der Waals surface area contributed by atoms with Crippen LogP contribution < -0.4 is 10.6 Å². The van der Waals surface area contributed by atoms with E-state index in [9.17, 15) is 4.79 Å². The number of aromatic nitrogens is 3. The van der Waals surface area contributed by atoms with Crippen molar-refractivity contribution >= 4 is 17.4 Å². The molecule has 1 saturated carbocycles. The van der Waals surface area contributed by atoms with Crippen LogP contribution in [0.2, 0.25) is 0 Å². The second-order valence-corrected chi connectivity index (χ2v) is 8.13. The fourth-order valence-electron chi connectivity index (χ4n) is 3.30. The van der Waals surface area contributed by atoms with E-state index in [-0.39, 0.29) is 5.91 Å². The van der Waals surface area contributed by atoms with Gasteiger partial charge >= 0.3 is 0 Å². The third kappa shape index (κ3) is 3.72. The van der Waals surface area contributed by atoms with Crippen molar-refractivity contribution in [2.24, 2.45) is 5.92 Å². The number of aryl methyl sites for hydroxylation is 2. The van der Waals surface area contributed by atoms with Crippen LogP contribution in [0.3, 0.4) is 0 Å². The zero-order valence-corrected chi connectivity index (χ0v) is 16.9. The lowest BCUT2D eigenvalue weighted by molar-refractivity contribution is 0.0950. The number of carbonyl (C=O) groups excluding carboxylic acids is 1. The van der Waals surface area contributed by atoms with Crippen LogP contribution in [0.5, 0.6) is 0 Å². The van der Waals surface area contributed by atoms with Crippen LogP contribution in [0, 0.1) is 19.8 Å². The highest BCUT2D eigenvalue weighted by Crippen LogP contribution is 2.28. The Hall–Kier alpha value is -2.89. The van der Waals surface area contributed by atoms with Crippen LogP contribution in [0.4, 0.5) is 5.82 Å². The third-order valence-electron chi connectivity index (χ3n) is 4.99. The van der Waals surface area contributed by atoms with E-state index < -0.39 is 0 Å². The van der Waals surface area contributed by atoms with Crippen LogP contribution in [-0.2, 0) is 0 Å². The van der Waals surface area contributed by atoms with Gasteiger partial charge in [-0.25, -0.2) is 4.98 Å². The van der Waals surface area contributed by atoms with E-state index in [0.29, 0.717) is 12.0 Å². The second-order valence-electron chi connectivity index (χ2n) is 8.13. The molecule has 0 radical (unpaired) electrons. The van der Waals surface area contributed by atoms with E-state index in [0.717, 1.165) is 58.8 Å². The monoisotopic (exact) mass is 377 g/mol. The van der Waals surface area contributed by atoms with Crippen LogP contribution >= 0.6 is 0 Å². The van der Waals surface area contributed by atoms with Crippen molar-refractivity contribution in [1.82, 2.24) is 19.9 Å². The number of carbonyl (C=O) groups is 1. The lowest BCUT2D eigenvalue weighted by Gasteiger charge is -2.12. The highest BCUT2D eigenvalue weighted by molar-refractivity contribution is 5.97. The maximum absolute atomic E-state index is 12.4. The van der Waals surface area contributed by atoms with Gasteiger partial charge in [0.15, 0.2) is 5.65 Å². The molecular weight excluding hydrogens is 350 g/mol. The molecule has 4 rings (SSSR count). The maximum Gasteiger partial charge on any atom is 0.251 e. The Kier molecular flexibility index (Phi) is 4.79. The molecule has 28 heavy (non-hydrogen) atoms. The van der Waals surface area contributed by atoms with Gasteiger partial charge in [-0.3, -0.25) is 4.79 Å². The van der Waals surface area contributed by atoms with E-state index >= 15 is 0 Å². The van der Waals surface area contributed by atoms with E-state index in [4.69, 9.17) is 4.98 Å². The highest BCUT2D eigenvalue weighted by Gasteiger charge is 2.24. The smallest absolute Gasteiger partial charge is 0.251 e. The number of hydrogen-bond donors (Lipinski definition) is 2. The van der Waals surface area contributed by atoms with Gasteiger partial charge in [0.05, 0.1) is 6.20 Å². The molecule has 1 aromatic carbocycles. The Morgan fingerprint density at radius 1 is 1.25 bits per heavy atom. The van der Waals surface area contributed by atoms with Crippen molar-refractivity contribution in [2.75, 3.05) is 11.9 Å². The molecule has 1 fully saturated rings. The third-order valence-corrected chi connectivity index (χ3v) is 4.99. The summed E-state index contributed by atoms with van der Waals surface area (Å²) in [6, 6.07) is 8.30. The summed E-state index contributed by atoms with van der Waals surface area (Å²) in [7, 11) is 0. The number of rotatable bonds is 6. The van der Waals surface area contributed by atoms with Gasteiger partial charge in [0.2, 0.25) is 0 Å². The number of amides is 1. The number of anilines is 1. The molecule has 6 heteroatoms. The minimum Gasteiger partial charge on any atom is -0.370 e. The molecule has 0 spiro atoms. The van der Waals surface area contributed by atoms with Crippen molar-refractivity contribution in [1.29, 1.82) is 0 Å². The lowest BCUT2D eigenvalue weighted by atomic mass is 10.0. The average molecular weight is 377 g/mol. The van der Waals surface area contributed by atoms with Gasteiger partial charge < -0.3 is 10.6 Å². The van der Waals surface area contributed by atoms with Gasteiger partial charge in [0.1, 0.15) is 5.82 Å². The Labute approximate surface area is 165 Å². The summed E-state index contributed by atoms with van der Waals surface area (Å²) >= 11 is 0. The molecule has 146 valence electrons. The van der Waals surface area contributed by atoms with Crippen molar-refractivity contribution < 1.29 is 4.79 Å². The van der Waals surface area contributed by atoms with Crippen LogP contribution in [0.1, 0.15) is 48.3 Å². The molecule has 0 aliphatic heterocycles. The molecule has 0 bridgehead atoms. The molecule has 0 saturated heterocycles. The van der Waals surface area contributed by atoms with Crippen molar-refractivity contribution in [3.8, 4) is 11.1 Å². The summed E-state index contributed by atoms with van der Waals surface area (Å²) in [5, 5.41) is 11.1. The van der Waals surface area contributed by atoms with Crippen LogP contribution in [0.25, 0.3) is 16.8 Å². The summed E-state index contributed by atoms with van der Waals surface area (Å²) in [5.41, 5.74) is 5.44. The summed E-state index contributed by atoms with van der Waals surface area (Å²) in [6.45, 7) is 9.20. The summed E-state index contributed by atoms with van der Waals surface area (Å²) in [4.78, 5) is 17.1. The molecule has 2 N–H and O–H groups in total. The average Bonchev–Trinajstić information content (AvgIpc) is 3.35. The lowest BCUT2D eigenvalue weighted by Crippen LogP contribution is -2.26. The van der Waals surface area contributed by atoms with Crippen LogP contribution in [-0.4, -0.2) is 33.1 Å². The highest BCUT2D eigenvalue weighted by atomic mass is 16.1. The summed E-state index contributed by atoms with van der Waals surface area (Å²) < 4.78 is 1.85. The number of nitrogens with zero attached hydrogens (tertiary/aromatic N) is 3. The first-order valence-electron chi connectivity index (χ1n) is 9.93. The Morgan fingerprint density at radius 3 is 2.71 bits per heavy atom. The number of benzene rings is 1. The van der Waals surface area contributed by atoms with Gasteiger partial charge in [-0.2, -0.15) is 9.61 Å². The molecule has 2 aromatic heterocycles. The zero-order valence-electron chi connectivity index (χ0n) is 16.9. The number of hydrogen-bond acceptors (Lipinski definition) is 4. The van der Waals surface area contributed by atoms with E-state index in [2.05, 4.69) is 29.6 Å². The molecule has 1 aliphatic carbocycles. The van der Waals surface area contributed by atoms with Gasteiger partial charge in [-0.1, -0.05) is 26.0 Å². The molecule has 1 aliphatic rings. The second kappa shape index (κ2) is 7.26. The van der Waals surface area contributed by atoms with Crippen molar-refractivity contribution in [2.45, 2.75) is 46.6 Å². The minimum atomic E-state index is 0.0144. The summed E-state index contributed by atoms with van der Waals surface area (Å²) in [5.74, 6) is 1.50. The van der Waals surface area contributed by atoms with Gasteiger partial charge in [0, 0.05) is 35.5 Å². The predicted octanol–water partition coefficient (Wildman–Crippen LogP) is 3.97. The van der Waals surface area contributed by atoms with Crippen LogP contribution in [0.15, 0.2) is 30.5 Å². The first-order chi connectivity index (χ1) is 13.4. The van der Waals surface area contributed by atoms with E-state index in [1.54, 1.807) is 0 Å². The maximum atomic E-state index is 12.4. The minimum absolute atomic E-state index is 0.0144. The zero-order chi connectivity index (χ0) is 19.8. The number of nitrogens with one attached hydrogen (secondary N) is 2. The standard InChI is InChI=1S/C22H27N5O/c1-13(2)11-23-20-10-15(4)25-21-19(12-24-27(20)21)16-5-8-18(14(3)9-16)22(28)26-17-6-7-17/h5,8-10,12-13,17,23H,6-7,11H2,1-4H3,(H,26,28). The first-order valence-corrected chi connectivity index (χ1v) is 9.93. The molecule has 1 amide bonds. The van der Waals surface area contributed by atoms with Crippen molar-refractivity contribution in [3.63, 3.8) is 0 Å². The summed E-state index contributed by atoms with van der Waals surface area (Å²) in [6.07, 6.45) is 4.02. The predicted molar refractivity (Wildman–Crippen MR) is 112 cm³/mol. The Bertz CT molecular complexity index is 1030. The SMILES string of the molecule is Cc1cc(NCC(C)C)n2ncc(-c3ccc(C(=O)NC4CC4)c(C)c3)c2n1. The molecule has 0 unspecified atom stereocenters. The van der Waals surface area contributed by atoms with Gasteiger partial charge in [-0.15, -0.1) is 0 Å².